The first-order valence-corrected chi connectivity index (χ1v) is 20.3. The van der Waals surface area contributed by atoms with Gasteiger partial charge in [-0.15, -0.1) is 0 Å². The van der Waals surface area contributed by atoms with Crippen LogP contribution in [-0.2, 0) is 31.9 Å². The molecule has 0 spiro atoms. The first kappa shape index (κ1) is 41.0. The number of carbonyl (C=O) groups is 1. The van der Waals surface area contributed by atoms with Gasteiger partial charge in [0.2, 0.25) is 21.9 Å². The molecule has 3 aliphatic rings. The number of anilines is 1. The number of carbonyl (C=O) groups excluding carboxylic acids is 1. The molecule has 8 rings (SSSR count). The number of halogens is 2. The largest absolute Gasteiger partial charge is 0.346 e. The molecule has 3 fully saturated rings. The number of nitriles is 1. The van der Waals surface area contributed by atoms with Crippen molar-refractivity contribution in [3.8, 4) is 6.07 Å². The van der Waals surface area contributed by atoms with Crippen molar-refractivity contribution in [2.45, 2.75) is 62.7 Å². The summed E-state index contributed by atoms with van der Waals surface area (Å²) in [5, 5.41) is 12.1. The van der Waals surface area contributed by atoms with Gasteiger partial charge in [-0.05, 0) is 25.5 Å². The third-order valence-corrected chi connectivity index (χ3v) is 12.1. The number of amides is 1. The van der Waals surface area contributed by atoms with Crippen LogP contribution in [0.4, 0.5) is 14.6 Å². The number of hydrogen-bond donors (Lipinski definition) is 1. The van der Waals surface area contributed by atoms with Crippen molar-refractivity contribution in [3.63, 3.8) is 0 Å². The van der Waals surface area contributed by atoms with Gasteiger partial charge < -0.3 is 33.0 Å². The van der Waals surface area contributed by atoms with Crippen LogP contribution in [0.3, 0.4) is 0 Å². The second kappa shape index (κ2) is 17.9. The quantitative estimate of drug-likeness (QED) is 0.0899. The lowest BCUT2D eigenvalue weighted by atomic mass is 10.1. The molecule has 1 aliphatic carbocycles. The molecule has 10 atom stereocenters. The van der Waals surface area contributed by atoms with Crippen molar-refractivity contribution in [3.05, 3.63) is 78.3 Å². The van der Waals surface area contributed by atoms with Crippen LogP contribution in [0.25, 0.3) is 27.2 Å². The fourth-order valence-corrected chi connectivity index (χ4v) is 9.27. The highest BCUT2D eigenvalue weighted by Gasteiger charge is 2.55. The van der Waals surface area contributed by atoms with Gasteiger partial charge in [0.25, 0.3) is 5.91 Å². The van der Waals surface area contributed by atoms with Gasteiger partial charge >= 0.3 is 8.60 Å². The number of aryl methyl sites for hydroxylation is 1. The number of fused-ring (bicyclic) bond motifs is 5. The van der Waals surface area contributed by atoms with Crippen LogP contribution in [0.1, 0.15) is 41.2 Å². The standard InChI is InChI=1S/C35H38BF2N11O8P2/c1-20-27-32(43-16-41-20)49(19-45-27)35-26(38)30-24(55-35)15-52-58(51-11-6-9-39)56-29-23(13-22(25(29)37)14-54-59(36,57-30)53-12-10-40-2)48-18-46-28-31(42-17-44-33(28)48)47-34(50)21-7-4-3-5-8-21/h3-5,7-8,16-19,22-26,29-30,35H,6,10-15H2,1,36H3,(H,42,44,47,50)/t22-,23-,24-,25+,26-,29+,30-,35-,58?,59?/m1/s1. The molecule has 19 nitrogen and oxygen atoms in total. The third-order valence-electron chi connectivity index (χ3n) is 9.72. The number of alkyl halides is 2. The minimum absolute atomic E-state index is 0.00982. The van der Waals surface area contributed by atoms with Crippen LogP contribution in [0.5, 0.6) is 0 Å². The Morgan fingerprint density at radius 2 is 1.81 bits per heavy atom. The number of hydrogen-bond acceptors (Lipinski definition) is 15. The minimum atomic E-state index is -3.25. The minimum Gasteiger partial charge on any atom is -0.346 e. The molecule has 1 amide bonds. The van der Waals surface area contributed by atoms with Crippen molar-refractivity contribution in [2.75, 3.05) is 38.3 Å². The fourth-order valence-electron chi connectivity index (χ4n) is 6.92. The molecule has 308 valence electrons. The SMILES string of the molecule is [BH3-][P+]1(OCC[N+]#[C-])OC[C@H]2C[C@@H](n3cnc4c(NC(=O)c5ccccc5)ncnc43)[C@H](OP(OCCC#N)OC[C@H]3O[C@@H](n4cnc5c(C)ncnc54)[C@H](F)[C@@H]3O1)[C@H]2F. The van der Waals surface area contributed by atoms with Crippen LogP contribution in [0.2, 0.25) is 0 Å². The van der Waals surface area contributed by atoms with Crippen LogP contribution in [0.15, 0.2) is 55.6 Å². The highest BCUT2D eigenvalue weighted by atomic mass is 31.2. The molecule has 59 heavy (non-hydrogen) atoms. The van der Waals surface area contributed by atoms with Crippen molar-refractivity contribution in [2.24, 2.45) is 5.92 Å². The van der Waals surface area contributed by atoms with E-state index in [1.165, 1.54) is 29.9 Å². The third kappa shape index (κ3) is 8.51. The Hall–Kier alpha value is -4.73. The summed E-state index contributed by atoms with van der Waals surface area (Å²) in [6, 6.07) is 9.87. The van der Waals surface area contributed by atoms with E-state index in [0.29, 0.717) is 28.1 Å². The summed E-state index contributed by atoms with van der Waals surface area (Å²) < 4.78 is 80.8. The Balaban J connectivity index is 1.12. The zero-order valence-electron chi connectivity index (χ0n) is 30.7. The van der Waals surface area contributed by atoms with E-state index in [0.717, 1.165) is 0 Å². The maximum Gasteiger partial charge on any atom is 0.333 e. The van der Waals surface area contributed by atoms with Crippen LogP contribution in [-0.4, -0.2) is 116 Å². The molecule has 2 unspecified atom stereocenters. The van der Waals surface area contributed by atoms with Crippen LogP contribution < -0.4 is 5.32 Å². The Labute approximate surface area is 338 Å². The van der Waals surface area contributed by atoms with E-state index < -0.39 is 78.7 Å². The van der Waals surface area contributed by atoms with E-state index in [-0.39, 0.29) is 57.1 Å². The normalized spacial score (nSPS) is 29.8. The highest BCUT2D eigenvalue weighted by molar-refractivity contribution is 7.85. The zero-order chi connectivity index (χ0) is 41.1. The van der Waals surface area contributed by atoms with Crippen molar-refractivity contribution >= 4 is 58.0 Å². The van der Waals surface area contributed by atoms with Crippen molar-refractivity contribution < 1.29 is 45.5 Å². The predicted molar refractivity (Wildman–Crippen MR) is 210 cm³/mol. The van der Waals surface area contributed by atoms with Gasteiger partial charge in [-0.2, -0.15) is 5.26 Å². The number of imidazole rings is 2. The number of benzene rings is 1. The average molecular weight is 852 g/mol. The lowest BCUT2D eigenvalue weighted by molar-refractivity contribution is -0.0460. The van der Waals surface area contributed by atoms with E-state index in [1.54, 1.807) is 41.8 Å². The summed E-state index contributed by atoms with van der Waals surface area (Å²) in [6.07, 6.45) is -2.60. The molecule has 6 heterocycles. The molecule has 24 heteroatoms. The maximum atomic E-state index is 16.9. The number of nitrogens with one attached hydrogen (secondary N) is 1. The summed E-state index contributed by atoms with van der Waals surface area (Å²) in [4.78, 5) is 42.5. The number of ether oxygens (including phenoxy) is 1. The van der Waals surface area contributed by atoms with Crippen molar-refractivity contribution in [1.82, 2.24) is 39.0 Å². The average Bonchev–Trinajstić information content (AvgIpc) is 4.01. The molecule has 2 bridgehead atoms. The Kier molecular flexibility index (Phi) is 12.4. The molecule has 2 aliphatic heterocycles. The topological polar surface area (TPSA) is 209 Å². The molecular weight excluding hydrogens is 813 g/mol. The van der Waals surface area contributed by atoms with Gasteiger partial charge in [0, 0.05) is 11.5 Å². The molecule has 1 N–H and O–H groups in total. The van der Waals surface area contributed by atoms with E-state index in [1.807, 2.05) is 6.07 Å². The maximum absolute atomic E-state index is 16.9. The number of rotatable bonds is 10. The van der Waals surface area contributed by atoms with E-state index in [4.69, 9.17) is 38.5 Å². The molecule has 2 saturated heterocycles. The van der Waals surface area contributed by atoms with Gasteiger partial charge in [-0.25, -0.2) is 58.8 Å². The summed E-state index contributed by atoms with van der Waals surface area (Å²) >= 11 is 0. The summed E-state index contributed by atoms with van der Waals surface area (Å²) in [5.41, 5.74) is 2.42. The lowest BCUT2D eigenvalue weighted by Gasteiger charge is -2.30. The summed E-state index contributed by atoms with van der Waals surface area (Å²) in [5.74, 6) is -1.04. The van der Waals surface area contributed by atoms with Gasteiger partial charge in [0.15, 0.2) is 47.7 Å². The fraction of sp³-hybridized carbons (Fsp3) is 0.457. The van der Waals surface area contributed by atoms with Gasteiger partial charge in [0.1, 0.15) is 36.6 Å². The first-order valence-electron chi connectivity index (χ1n) is 18.1. The molecule has 4 aromatic heterocycles. The molecule has 1 saturated carbocycles. The second-order valence-corrected chi connectivity index (χ2v) is 15.7. The first-order chi connectivity index (χ1) is 28.7. The highest BCUT2D eigenvalue weighted by Crippen LogP contribution is 2.62. The number of aromatic nitrogens is 8. The van der Waals surface area contributed by atoms with Gasteiger partial charge in [0.05, 0.1) is 56.7 Å². The zero-order valence-corrected chi connectivity index (χ0v) is 32.4. The second-order valence-electron chi connectivity index (χ2n) is 13.3. The Bertz CT molecular complexity index is 2380. The summed E-state index contributed by atoms with van der Waals surface area (Å²) in [6.45, 7) is 8.44. The van der Waals surface area contributed by atoms with E-state index >= 15 is 8.78 Å². The lowest BCUT2D eigenvalue weighted by Crippen LogP contribution is -2.35. The Morgan fingerprint density at radius 1 is 1.05 bits per heavy atom. The van der Waals surface area contributed by atoms with E-state index in [9.17, 15) is 10.1 Å². The smallest absolute Gasteiger partial charge is 0.333 e. The molecular formula is C35H38BF2N11O8P2. The van der Waals surface area contributed by atoms with Crippen molar-refractivity contribution in [1.29, 1.82) is 5.26 Å². The number of nitrogens with zero attached hydrogens (tertiary/aromatic N) is 10. The van der Waals surface area contributed by atoms with Crippen LogP contribution >= 0.6 is 16.4 Å². The monoisotopic (exact) mass is 851 g/mol. The van der Waals surface area contributed by atoms with Gasteiger partial charge in [-0.3, -0.25) is 9.36 Å². The van der Waals surface area contributed by atoms with Crippen LogP contribution in [0, 0.1) is 30.7 Å². The van der Waals surface area contributed by atoms with E-state index in [2.05, 4.69) is 40.1 Å². The molecule has 0 radical (unpaired) electrons. The summed E-state index contributed by atoms with van der Waals surface area (Å²) in [7, 11) is -6.66. The van der Waals surface area contributed by atoms with Gasteiger partial charge in [-0.1, -0.05) is 18.2 Å². The molecule has 1 aromatic carbocycles. The molecule has 5 aromatic rings. The predicted octanol–water partition coefficient (Wildman–Crippen LogP) is 4.31. The Morgan fingerprint density at radius 3 is 2.61 bits per heavy atom.